The van der Waals surface area contributed by atoms with Crippen LogP contribution in [0.1, 0.15) is 28.7 Å². The second kappa shape index (κ2) is 6.06. The predicted molar refractivity (Wildman–Crippen MR) is 97.0 cm³/mol. The summed E-state index contributed by atoms with van der Waals surface area (Å²) in [6, 6.07) is 16.3. The summed E-state index contributed by atoms with van der Waals surface area (Å²) in [7, 11) is 2.14. The summed E-state index contributed by atoms with van der Waals surface area (Å²) >= 11 is 0. The van der Waals surface area contributed by atoms with Gasteiger partial charge >= 0.3 is 0 Å². The van der Waals surface area contributed by atoms with Crippen LogP contribution in [0.3, 0.4) is 0 Å². The zero-order valence-electron chi connectivity index (χ0n) is 14.3. The molecule has 2 heterocycles. The summed E-state index contributed by atoms with van der Waals surface area (Å²) in [6.45, 7) is 3.99. The molecule has 1 aliphatic rings. The Morgan fingerprint density at radius 1 is 1.12 bits per heavy atom. The molecule has 0 aliphatic carbocycles. The third kappa shape index (κ3) is 2.63. The maximum atomic E-state index is 15.3. The first-order chi connectivity index (χ1) is 11.6. The number of fused-ring (bicyclic) bond motifs is 3. The third-order valence-electron chi connectivity index (χ3n) is 5.06. The van der Waals surface area contributed by atoms with Crippen LogP contribution in [0.5, 0.6) is 0 Å². The number of rotatable bonds is 3. The van der Waals surface area contributed by atoms with Gasteiger partial charge in [-0.1, -0.05) is 42.0 Å². The first-order valence-electron chi connectivity index (χ1n) is 8.62. The number of nitrogens with zero attached hydrogens (tertiary/aromatic N) is 2. The van der Waals surface area contributed by atoms with Gasteiger partial charge in [-0.15, -0.1) is 0 Å². The van der Waals surface area contributed by atoms with Crippen LogP contribution in [-0.4, -0.2) is 23.1 Å². The first kappa shape index (κ1) is 15.4. The molecule has 3 heteroatoms. The highest BCUT2D eigenvalue weighted by Gasteiger charge is 2.26. The second-order valence-corrected chi connectivity index (χ2v) is 6.93. The first-order valence-corrected chi connectivity index (χ1v) is 8.62. The number of aryl methyl sites for hydroxylation is 1. The minimum absolute atomic E-state index is 0.417. The average molecular weight is 322 g/mol. The van der Waals surface area contributed by atoms with Crippen LogP contribution in [0.4, 0.5) is 4.39 Å². The lowest BCUT2D eigenvalue weighted by molar-refractivity contribution is 0.232. The maximum absolute atomic E-state index is 15.3. The average Bonchev–Trinajstić information content (AvgIpc) is 2.89. The van der Waals surface area contributed by atoms with E-state index in [0.29, 0.717) is 6.42 Å². The zero-order valence-corrected chi connectivity index (χ0v) is 14.3. The molecule has 0 radical (unpaired) electrons. The third-order valence-corrected chi connectivity index (χ3v) is 5.06. The molecule has 0 saturated heterocycles. The fraction of sp³-hybridized carbons (Fsp3) is 0.333. The van der Waals surface area contributed by atoms with Crippen molar-refractivity contribution in [1.82, 2.24) is 9.47 Å². The zero-order chi connectivity index (χ0) is 16.7. The normalized spacial score (nSPS) is 16.3. The van der Waals surface area contributed by atoms with E-state index in [1.54, 1.807) is 0 Å². The van der Waals surface area contributed by atoms with Crippen molar-refractivity contribution in [2.45, 2.75) is 32.6 Å². The molecule has 3 aromatic rings. The van der Waals surface area contributed by atoms with E-state index in [-0.39, 0.29) is 0 Å². The minimum atomic E-state index is -1.02. The number of likely N-dealkylation sites (N-methyl/N-ethyl adjacent to an activating group) is 1. The van der Waals surface area contributed by atoms with Crippen molar-refractivity contribution in [3.63, 3.8) is 0 Å². The predicted octanol–water partition coefficient (Wildman–Crippen LogP) is 4.65. The van der Waals surface area contributed by atoms with Gasteiger partial charge in [-0.25, -0.2) is 4.39 Å². The summed E-state index contributed by atoms with van der Waals surface area (Å²) in [5, 5.41) is 1.22. The van der Waals surface area contributed by atoms with Gasteiger partial charge < -0.3 is 9.47 Å². The van der Waals surface area contributed by atoms with E-state index in [1.807, 2.05) is 34.9 Å². The molecule has 0 N–H and O–H groups in total. The highest BCUT2D eigenvalue weighted by Crippen LogP contribution is 2.35. The fourth-order valence-corrected chi connectivity index (χ4v) is 3.86. The molecule has 2 nitrogen and oxygen atoms in total. The summed E-state index contributed by atoms with van der Waals surface area (Å²) < 4.78 is 17.3. The number of hydrogen-bond donors (Lipinski definition) is 0. The van der Waals surface area contributed by atoms with E-state index < -0.39 is 6.30 Å². The second-order valence-electron chi connectivity index (χ2n) is 6.93. The van der Waals surface area contributed by atoms with Gasteiger partial charge in [0.15, 0.2) is 6.30 Å². The molecule has 1 aliphatic heterocycles. The molecule has 1 aromatic heterocycles. The summed E-state index contributed by atoms with van der Waals surface area (Å²) in [4.78, 5) is 2.32. The van der Waals surface area contributed by atoms with E-state index >= 15 is 4.39 Å². The van der Waals surface area contributed by atoms with E-state index in [9.17, 15) is 0 Å². The molecule has 0 bridgehead atoms. The van der Waals surface area contributed by atoms with E-state index in [0.717, 1.165) is 30.6 Å². The van der Waals surface area contributed by atoms with Crippen LogP contribution >= 0.6 is 0 Å². The lowest BCUT2D eigenvalue weighted by atomic mass is 10.0. The number of halogens is 1. The molecule has 0 fully saturated rings. The molecule has 1 atom stereocenters. The monoisotopic (exact) mass is 322 g/mol. The van der Waals surface area contributed by atoms with Crippen LogP contribution in [0.25, 0.3) is 10.9 Å². The molecule has 24 heavy (non-hydrogen) atoms. The lowest BCUT2D eigenvalue weighted by Crippen LogP contribution is -2.27. The van der Waals surface area contributed by atoms with Gasteiger partial charge in [0.05, 0.1) is 5.52 Å². The van der Waals surface area contributed by atoms with E-state index in [2.05, 4.69) is 37.1 Å². The van der Waals surface area contributed by atoms with Crippen LogP contribution in [0, 0.1) is 6.92 Å². The molecule has 0 spiro atoms. The summed E-state index contributed by atoms with van der Waals surface area (Å²) in [6.07, 6.45) is 0.306. The van der Waals surface area contributed by atoms with E-state index in [4.69, 9.17) is 0 Å². The Bertz CT molecular complexity index is 866. The quantitative estimate of drug-likeness (QED) is 0.681. The van der Waals surface area contributed by atoms with Crippen LogP contribution in [0.2, 0.25) is 0 Å². The molecule has 1 unspecified atom stereocenters. The van der Waals surface area contributed by atoms with Gasteiger partial charge in [0.2, 0.25) is 0 Å². The Hall–Kier alpha value is -2.13. The Morgan fingerprint density at radius 3 is 2.71 bits per heavy atom. The molecule has 124 valence electrons. The Morgan fingerprint density at radius 2 is 1.92 bits per heavy atom. The van der Waals surface area contributed by atoms with E-state index in [1.165, 1.54) is 22.2 Å². The smallest absolute Gasteiger partial charge is 0.180 e. The topological polar surface area (TPSA) is 8.17 Å². The molecule has 4 rings (SSSR count). The molecule has 0 saturated carbocycles. The van der Waals surface area contributed by atoms with Crippen molar-refractivity contribution in [2.24, 2.45) is 0 Å². The maximum Gasteiger partial charge on any atom is 0.180 e. The van der Waals surface area contributed by atoms with Gasteiger partial charge in [0, 0.05) is 37.0 Å². The van der Waals surface area contributed by atoms with Crippen molar-refractivity contribution >= 4 is 10.9 Å². The van der Waals surface area contributed by atoms with Crippen molar-refractivity contribution in [1.29, 1.82) is 0 Å². The van der Waals surface area contributed by atoms with Gasteiger partial charge in [-0.3, -0.25) is 0 Å². The van der Waals surface area contributed by atoms with Crippen LogP contribution in [0.15, 0.2) is 48.5 Å². The molecule has 0 amide bonds. The summed E-state index contributed by atoms with van der Waals surface area (Å²) in [5.74, 6) is 0. The van der Waals surface area contributed by atoms with Crippen molar-refractivity contribution < 1.29 is 4.39 Å². The van der Waals surface area contributed by atoms with Gasteiger partial charge in [0.1, 0.15) is 0 Å². The van der Waals surface area contributed by atoms with Crippen molar-refractivity contribution in [3.8, 4) is 0 Å². The number of aromatic nitrogens is 1. The van der Waals surface area contributed by atoms with Gasteiger partial charge in [0.25, 0.3) is 0 Å². The molecule has 2 aromatic carbocycles. The fourth-order valence-electron chi connectivity index (χ4n) is 3.86. The lowest BCUT2D eigenvalue weighted by Gasteiger charge is -2.25. The molecular weight excluding hydrogens is 299 g/mol. The number of benzene rings is 2. The number of alkyl halides is 1. The van der Waals surface area contributed by atoms with Crippen LogP contribution in [-0.2, 0) is 19.4 Å². The minimum Gasteiger partial charge on any atom is -0.313 e. The molecular formula is C21H23FN2. The standard InChI is InChI=1S/C21H23FN2/c1-15-8-9-19-17(12-15)18-14-23(2)11-10-20(18)24(19)21(22)13-16-6-4-3-5-7-16/h3-9,12,21H,10-11,13-14H2,1-2H3. The highest BCUT2D eigenvalue weighted by atomic mass is 19.1. The van der Waals surface area contributed by atoms with Crippen molar-refractivity contribution in [2.75, 3.05) is 13.6 Å². The Labute approximate surface area is 142 Å². The Balaban J connectivity index is 1.82. The Kier molecular flexibility index (Phi) is 3.89. The largest absolute Gasteiger partial charge is 0.313 e. The van der Waals surface area contributed by atoms with Gasteiger partial charge in [-0.05, 0) is 37.2 Å². The van der Waals surface area contributed by atoms with Crippen molar-refractivity contribution in [3.05, 3.63) is 70.9 Å². The number of hydrogen-bond acceptors (Lipinski definition) is 1. The van der Waals surface area contributed by atoms with Gasteiger partial charge in [-0.2, -0.15) is 0 Å². The highest BCUT2D eigenvalue weighted by molar-refractivity contribution is 5.86. The van der Waals surface area contributed by atoms with Crippen LogP contribution < -0.4 is 0 Å². The summed E-state index contributed by atoms with van der Waals surface area (Å²) in [5.41, 5.74) is 5.79. The SMILES string of the molecule is Cc1ccc2c(c1)c1c(n2C(F)Cc2ccccc2)CCN(C)C1.